The van der Waals surface area contributed by atoms with Gasteiger partial charge in [-0.3, -0.25) is 4.79 Å². The zero-order chi connectivity index (χ0) is 10.7. The maximum absolute atomic E-state index is 10.4. The van der Waals surface area contributed by atoms with Crippen molar-refractivity contribution in [1.29, 1.82) is 0 Å². The summed E-state index contributed by atoms with van der Waals surface area (Å²) in [6, 6.07) is 0. The normalized spacial score (nSPS) is 20.7. The summed E-state index contributed by atoms with van der Waals surface area (Å²) in [7, 11) is 0. The molecule has 1 fully saturated rings. The zero-order valence-electron chi connectivity index (χ0n) is 8.31. The van der Waals surface area contributed by atoms with E-state index in [2.05, 4.69) is 4.98 Å². The lowest BCUT2D eigenvalue weighted by Gasteiger charge is -2.00. The summed E-state index contributed by atoms with van der Waals surface area (Å²) in [5.41, 5.74) is 0. The molecule has 1 aliphatic rings. The average Bonchev–Trinajstić information content (AvgIpc) is 2.85. The van der Waals surface area contributed by atoms with Gasteiger partial charge in [-0.2, -0.15) is 0 Å². The van der Waals surface area contributed by atoms with Crippen molar-refractivity contribution in [3.63, 3.8) is 0 Å². The topological polar surface area (TPSA) is 59.4 Å². The molecule has 1 atom stereocenters. The first-order chi connectivity index (χ1) is 7.25. The van der Waals surface area contributed by atoms with Crippen molar-refractivity contribution in [1.82, 2.24) is 4.98 Å². The predicted octanol–water partition coefficient (Wildman–Crippen LogP) is 1.66. The van der Waals surface area contributed by atoms with Crippen molar-refractivity contribution in [3.8, 4) is 0 Å². The highest BCUT2D eigenvalue weighted by Crippen LogP contribution is 2.29. The number of aliphatic carboxylic acids is 1. The molecule has 2 heterocycles. The molecule has 1 unspecified atom stereocenters. The van der Waals surface area contributed by atoms with Crippen molar-refractivity contribution >= 4 is 17.3 Å². The Morgan fingerprint density at radius 2 is 2.60 bits per heavy atom. The van der Waals surface area contributed by atoms with E-state index >= 15 is 0 Å². The molecule has 0 spiro atoms. The van der Waals surface area contributed by atoms with Crippen molar-refractivity contribution in [3.05, 3.63) is 16.1 Å². The molecular formula is C10H13NO3S. The van der Waals surface area contributed by atoms with Gasteiger partial charge in [0.1, 0.15) is 0 Å². The molecule has 0 radical (unpaired) electrons. The van der Waals surface area contributed by atoms with E-state index in [1.165, 1.54) is 0 Å². The Labute approximate surface area is 91.9 Å². The smallest absolute Gasteiger partial charge is 0.303 e. The Bertz CT molecular complexity index is 344. The van der Waals surface area contributed by atoms with Gasteiger partial charge in [-0.25, -0.2) is 4.98 Å². The number of hydrogen-bond donors (Lipinski definition) is 1. The second-order valence-electron chi connectivity index (χ2n) is 3.62. The molecule has 1 aromatic heterocycles. The summed E-state index contributed by atoms with van der Waals surface area (Å²) in [5.74, 6) is -0.331. The Kier molecular flexibility index (Phi) is 3.33. The zero-order valence-corrected chi connectivity index (χ0v) is 9.13. The van der Waals surface area contributed by atoms with Crippen molar-refractivity contribution in [2.75, 3.05) is 13.2 Å². The van der Waals surface area contributed by atoms with Crippen LogP contribution in [-0.4, -0.2) is 29.3 Å². The number of carbonyl (C=O) groups is 1. The summed E-state index contributed by atoms with van der Waals surface area (Å²) in [6.45, 7) is 1.57. The molecule has 1 saturated heterocycles. The van der Waals surface area contributed by atoms with Gasteiger partial charge in [0.05, 0.1) is 18.0 Å². The number of ether oxygens (including phenoxy) is 1. The summed E-state index contributed by atoms with van der Waals surface area (Å²) < 4.78 is 5.29. The van der Waals surface area contributed by atoms with Crippen molar-refractivity contribution in [2.24, 2.45) is 0 Å². The van der Waals surface area contributed by atoms with Crippen LogP contribution in [0.5, 0.6) is 0 Å². The summed E-state index contributed by atoms with van der Waals surface area (Å²) in [5, 5.41) is 9.65. The maximum Gasteiger partial charge on any atom is 0.303 e. The second-order valence-corrected chi connectivity index (χ2v) is 4.77. The fourth-order valence-corrected chi connectivity index (χ4v) is 2.62. The highest BCUT2D eigenvalue weighted by molar-refractivity contribution is 7.11. The monoisotopic (exact) mass is 227 g/mol. The third-order valence-corrected chi connectivity index (χ3v) is 3.66. The lowest BCUT2D eigenvalue weighted by Crippen LogP contribution is -1.96. The molecule has 0 amide bonds. The number of aryl methyl sites for hydroxylation is 1. The molecule has 5 heteroatoms. The number of thiazole rings is 1. The first-order valence-electron chi connectivity index (χ1n) is 5.00. The van der Waals surface area contributed by atoms with Crippen LogP contribution in [-0.2, 0) is 16.0 Å². The van der Waals surface area contributed by atoms with E-state index in [1.807, 2.05) is 0 Å². The molecule has 0 aromatic carbocycles. The van der Waals surface area contributed by atoms with Crippen molar-refractivity contribution < 1.29 is 14.6 Å². The molecule has 82 valence electrons. The number of aromatic nitrogens is 1. The minimum absolute atomic E-state index is 0.183. The van der Waals surface area contributed by atoms with Gasteiger partial charge in [-0.1, -0.05) is 0 Å². The third-order valence-electron chi connectivity index (χ3n) is 2.44. The molecule has 0 bridgehead atoms. The van der Waals surface area contributed by atoms with E-state index in [-0.39, 0.29) is 6.42 Å². The molecule has 0 saturated carbocycles. The average molecular weight is 227 g/mol. The van der Waals surface area contributed by atoms with Gasteiger partial charge < -0.3 is 9.84 Å². The molecular weight excluding hydrogens is 214 g/mol. The Hall–Kier alpha value is -0.940. The number of hydrogen-bond acceptors (Lipinski definition) is 4. The van der Waals surface area contributed by atoms with Crippen molar-refractivity contribution in [2.45, 2.75) is 25.2 Å². The van der Waals surface area contributed by atoms with E-state index in [0.29, 0.717) is 12.3 Å². The Balaban J connectivity index is 1.94. The summed E-state index contributed by atoms with van der Waals surface area (Å²) in [4.78, 5) is 15.8. The van der Waals surface area contributed by atoms with Gasteiger partial charge >= 0.3 is 5.97 Å². The maximum atomic E-state index is 10.4. The minimum Gasteiger partial charge on any atom is -0.481 e. The van der Waals surface area contributed by atoms with Gasteiger partial charge in [0.2, 0.25) is 0 Å². The van der Waals surface area contributed by atoms with Crippen LogP contribution >= 0.6 is 11.3 Å². The molecule has 1 aromatic rings. The number of carboxylic acid groups (broad SMARTS) is 1. The first kappa shape index (κ1) is 10.6. The van der Waals surface area contributed by atoms with Gasteiger partial charge in [-0.05, 0) is 12.8 Å². The fourth-order valence-electron chi connectivity index (χ4n) is 1.59. The molecule has 1 N–H and O–H groups in total. The molecule has 1 aliphatic heterocycles. The fraction of sp³-hybridized carbons (Fsp3) is 0.600. The predicted molar refractivity (Wildman–Crippen MR) is 56.2 cm³/mol. The first-order valence-corrected chi connectivity index (χ1v) is 5.81. The van der Waals surface area contributed by atoms with Crippen LogP contribution in [0.4, 0.5) is 0 Å². The molecule has 4 nitrogen and oxygen atoms in total. The largest absolute Gasteiger partial charge is 0.481 e. The van der Waals surface area contributed by atoms with Gasteiger partial charge in [-0.15, -0.1) is 11.3 Å². The Morgan fingerprint density at radius 3 is 3.27 bits per heavy atom. The van der Waals surface area contributed by atoms with Crippen LogP contribution < -0.4 is 0 Å². The van der Waals surface area contributed by atoms with E-state index in [9.17, 15) is 4.79 Å². The van der Waals surface area contributed by atoms with E-state index in [0.717, 1.165) is 29.5 Å². The molecule has 2 rings (SSSR count). The third kappa shape index (κ3) is 2.76. The Morgan fingerprint density at radius 1 is 1.73 bits per heavy atom. The number of carboxylic acids is 1. The quantitative estimate of drug-likeness (QED) is 0.850. The van der Waals surface area contributed by atoms with Gasteiger partial charge in [0.15, 0.2) is 0 Å². The standard InChI is InChI=1S/C10H13NO3S/c12-9(13)2-1-8-5-11-10(15-8)7-3-4-14-6-7/h5,7H,1-4,6H2,(H,12,13). The van der Waals surface area contributed by atoms with Gasteiger partial charge in [0, 0.05) is 23.6 Å². The highest BCUT2D eigenvalue weighted by atomic mass is 32.1. The van der Waals surface area contributed by atoms with E-state index < -0.39 is 5.97 Å². The summed E-state index contributed by atoms with van der Waals surface area (Å²) >= 11 is 1.62. The van der Waals surface area contributed by atoms with Crippen LogP contribution in [0.25, 0.3) is 0 Å². The number of rotatable bonds is 4. The van der Waals surface area contributed by atoms with E-state index in [1.54, 1.807) is 17.5 Å². The van der Waals surface area contributed by atoms with Crippen LogP contribution in [0.15, 0.2) is 6.20 Å². The molecule has 15 heavy (non-hydrogen) atoms. The lowest BCUT2D eigenvalue weighted by molar-refractivity contribution is -0.136. The van der Waals surface area contributed by atoms with Crippen LogP contribution in [0.1, 0.15) is 28.6 Å². The van der Waals surface area contributed by atoms with Gasteiger partial charge in [0.25, 0.3) is 0 Å². The highest BCUT2D eigenvalue weighted by Gasteiger charge is 2.20. The minimum atomic E-state index is -0.755. The van der Waals surface area contributed by atoms with Crippen LogP contribution in [0.3, 0.4) is 0 Å². The molecule has 0 aliphatic carbocycles. The SMILES string of the molecule is O=C(O)CCc1cnc(C2CCOC2)s1. The van der Waals surface area contributed by atoms with Crippen LogP contribution in [0.2, 0.25) is 0 Å². The lowest BCUT2D eigenvalue weighted by atomic mass is 10.1. The number of nitrogens with zero attached hydrogens (tertiary/aromatic N) is 1. The van der Waals surface area contributed by atoms with Crippen LogP contribution in [0, 0.1) is 0 Å². The second kappa shape index (κ2) is 4.72. The van der Waals surface area contributed by atoms with E-state index in [4.69, 9.17) is 9.84 Å². The summed E-state index contributed by atoms with van der Waals surface area (Å²) in [6.07, 6.45) is 3.59.